The van der Waals surface area contributed by atoms with Crippen LogP contribution in [0.1, 0.15) is 54.1 Å². The van der Waals surface area contributed by atoms with Crippen LogP contribution in [-0.2, 0) is 14.8 Å². The molecular weight excluding hydrogens is 474 g/mol. The Labute approximate surface area is 212 Å². The molecule has 3 aromatic carbocycles. The molecular formula is C28H33N3O4S. The monoisotopic (exact) mass is 507 g/mol. The van der Waals surface area contributed by atoms with Gasteiger partial charge in [-0.05, 0) is 62.4 Å². The molecule has 2 amide bonds. The molecule has 0 unspecified atom stereocenters. The standard InChI is InChI=1S/C28H33N3O4S/c1-4-8-27(32)31-17-15-21(16-18-31)30-36(34,35)26-14-13-25(23-10-5-6-11-24(23)26)29-28(33)22-12-7-9-19(2)20(22)3/h5-7,9-14,21,30H,4,8,15-18H2,1-3H3,(H,29,33). The Morgan fingerprint density at radius 1 is 0.944 bits per heavy atom. The van der Waals surface area contributed by atoms with Crippen molar-refractivity contribution in [2.75, 3.05) is 18.4 Å². The molecule has 0 saturated carbocycles. The number of carbonyl (C=O) groups is 2. The van der Waals surface area contributed by atoms with Crippen LogP contribution in [0.15, 0.2) is 59.5 Å². The maximum Gasteiger partial charge on any atom is 0.255 e. The van der Waals surface area contributed by atoms with E-state index in [1.54, 1.807) is 30.3 Å². The van der Waals surface area contributed by atoms with Gasteiger partial charge in [-0.25, -0.2) is 13.1 Å². The fourth-order valence-corrected chi connectivity index (χ4v) is 6.22. The average molecular weight is 508 g/mol. The van der Waals surface area contributed by atoms with Crippen LogP contribution in [0.5, 0.6) is 0 Å². The zero-order valence-corrected chi connectivity index (χ0v) is 21.8. The maximum absolute atomic E-state index is 13.4. The number of benzene rings is 3. The molecule has 0 spiro atoms. The summed E-state index contributed by atoms with van der Waals surface area (Å²) in [5, 5.41) is 4.16. The van der Waals surface area contributed by atoms with Crippen molar-refractivity contribution in [2.45, 2.75) is 57.4 Å². The molecule has 36 heavy (non-hydrogen) atoms. The van der Waals surface area contributed by atoms with Crippen LogP contribution in [0.4, 0.5) is 5.69 Å². The lowest BCUT2D eigenvalue weighted by molar-refractivity contribution is -0.132. The summed E-state index contributed by atoms with van der Waals surface area (Å²) < 4.78 is 29.6. The van der Waals surface area contributed by atoms with Crippen LogP contribution in [0.25, 0.3) is 10.8 Å². The number of likely N-dealkylation sites (tertiary alicyclic amines) is 1. The van der Waals surface area contributed by atoms with Gasteiger partial charge in [-0.3, -0.25) is 9.59 Å². The molecule has 1 aliphatic heterocycles. The minimum atomic E-state index is -3.81. The Balaban J connectivity index is 1.55. The molecule has 0 atom stereocenters. The van der Waals surface area contributed by atoms with Crippen molar-refractivity contribution in [3.05, 3.63) is 71.3 Å². The number of aryl methyl sites for hydroxylation is 1. The zero-order chi connectivity index (χ0) is 25.9. The summed E-state index contributed by atoms with van der Waals surface area (Å²) in [5.74, 6) is -0.109. The Bertz CT molecular complexity index is 1390. The van der Waals surface area contributed by atoms with Crippen LogP contribution in [0, 0.1) is 13.8 Å². The van der Waals surface area contributed by atoms with E-state index in [9.17, 15) is 18.0 Å². The fraction of sp³-hybridized carbons (Fsp3) is 0.357. The van der Waals surface area contributed by atoms with Crippen molar-refractivity contribution < 1.29 is 18.0 Å². The van der Waals surface area contributed by atoms with Crippen LogP contribution in [0.2, 0.25) is 0 Å². The lowest BCUT2D eigenvalue weighted by Gasteiger charge is -2.32. The van der Waals surface area contributed by atoms with Crippen molar-refractivity contribution in [1.82, 2.24) is 9.62 Å². The van der Waals surface area contributed by atoms with Crippen molar-refractivity contribution in [1.29, 1.82) is 0 Å². The Morgan fingerprint density at radius 2 is 1.64 bits per heavy atom. The number of sulfonamides is 1. The van der Waals surface area contributed by atoms with Gasteiger partial charge in [-0.1, -0.05) is 43.3 Å². The van der Waals surface area contributed by atoms with Gasteiger partial charge in [-0.2, -0.15) is 0 Å². The van der Waals surface area contributed by atoms with E-state index in [4.69, 9.17) is 0 Å². The second-order valence-corrected chi connectivity index (χ2v) is 11.1. The molecule has 4 rings (SSSR count). The van der Waals surface area contributed by atoms with Gasteiger partial charge < -0.3 is 10.2 Å². The number of fused-ring (bicyclic) bond motifs is 1. The Hall–Kier alpha value is -3.23. The van der Waals surface area contributed by atoms with Crippen molar-refractivity contribution in [3.8, 4) is 0 Å². The van der Waals surface area contributed by atoms with Crippen LogP contribution < -0.4 is 10.0 Å². The first-order valence-corrected chi connectivity index (χ1v) is 13.9. The fourth-order valence-electron chi connectivity index (χ4n) is 4.70. The van der Waals surface area contributed by atoms with Gasteiger partial charge in [0.1, 0.15) is 0 Å². The number of anilines is 1. The van der Waals surface area contributed by atoms with Crippen LogP contribution >= 0.6 is 0 Å². The van der Waals surface area contributed by atoms with Gasteiger partial charge in [0, 0.05) is 47.6 Å². The predicted molar refractivity (Wildman–Crippen MR) is 143 cm³/mol. The maximum atomic E-state index is 13.4. The molecule has 1 fully saturated rings. The second-order valence-electron chi connectivity index (χ2n) is 9.38. The van der Waals surface area contributed by atoms with Crippen molar-refractivity contribution in [2.24, 2.45) is 0 Å². The number of hydrogen-bond donors (Lipinski definition) is 2. The number of nitrogens with one attached hydrogen (secondary N) is 2. The van der Waals surface area contributed by atoms with E-state index in [-0.39, 0.29) is 22.8 Å². The van der Waals surface area contributed by atoms with Gasteiger partial charge in [0.2, 0.25) is 15.9 Å². The number of amides is 2. The molecule has 1 heterocycles. The summed E-state index contributed by atoms with van der Waals surface area (Å²) in [5.41, 5.74) is 3.07. The predicted octanol–water partition coefficient (Wildman–Crippen LogP) is 4.78. The molecule has 1 saturated heterocycles. The van der Waals surface area contributed by atoms with E-state index < -0.39 is 10.0 Å². The first kappa shape index (κ1) is 25.9. The van der Waals surface area contributed by atoms with Gasteiger partial charge in [-0.15, -0.1) is 0 Å². The lowest BCUT2D eigenvalue weighted by Crippen LogP contribution is -2.46. The molecule has 3 aromatic rings. The highest BCUT2D eigenvalue weighted by Crippen LogP contribution is 2.30. The van der Waals surface area contributed by atoms with Crippen molar-refractivity contribution >= 4 is 38.3 Å². The highest BCUT2D eigenvalue weighted by Gasteiger charge is 2.27. The number of hydrogen-bond acceptors (Lipinski definition) is 4. The molecule has 0 radical (unpaired) electrons. The molecule has 8 heteroatoms. The van der Waals surface area contributed by atoms with Gasteiger partial charge in [0.15, 0.2) is 0 Å². The van der Waals surface area contributed by atoms with E-state index in [2.05, 4.69) is 10.0 Å². The summed E-state index contributed by atoms with van der Waals surface area (Å²) in [4.78, 5) is 27.2. The molecule has 190 valence electrons. The Morgan fingerprint density at radius 3 is 2.33 bits per heavy atom. The highest BCUT2D eigenvalue weighted by molar-refractivity contribution is 7.89. The minimum absolute atomic E-state index is 0.128. The van der Waals surface area contributed by atoms with E-state index >= 15 is 0 Å². The summed E-state index contributed by atoms with van der Waals surface area (Å²) in [6, 6.07) is 15.7. The van der Waals surface area contributed by atoms with E-state index in [1.807, 2.05) is 49.9 Å². The lowest BCUT2D eigenvalue weighted by atomic mass is 10.0. The van der Waals surface area contributed by atoms with Crippen LogP contribution in [0.3, 0.4) is 0 Å². The third-order valence-corrected chi connectivity index (χ3v) is 8.48. The molecule has 0 aromatic heterocycles. The SMILES string of the molecule is CCCC(=O)N1CCC(NS(=O)(=O)c2ccc(NC(=O)c3cccc(C)c3C)c3ccccc23)CC1. The largest absolute Gasteiger partial charge is 0.343 e. The van der Waals surface area contributed by atoms with Gasteiger partial charge in [0.25, 0.3) is 5.91 Å². The smallest absolute Gasteiger partial charge is 0.255 e. The second kappa shape index (κ2) is 10.8. The van der Waals surface area contributed by atoms with E-state index in [0.717, 1.165) is 17.5 Å². The highest BCUT2D eigenvalue weighted by atomic mass is 32.2. The molecule has 2 N–H and O–H groups in total. The number of piperidine rings is 1. The minimum Gasteiger partial charge on any atom is -0.343 e. The first-order valence-electron chi connectivity index (χ1n) is 12.4. The average Bonchev–Trinajstić information content (AvgIpc) is 2.86. The molecule has 0 bridgehead atoms. The number of carbonyl (C=O) groups excluding carboxylic acids is 2. The van der Waals surface area contributed by atoms with E-state index in [0.29, 0.717) is 54.4 Å². The quantitative estimate of drug-likeness (QED) is 0.481. The first-order chi connectivity index (χ1) is 17.2. The molecule has 0 aliphatic carbocycles. The molecule has 7 nitrogen and oxygen atoms in total. The summed E-state index contributed by atoms with van der Waals surface area (Å²) >= 11 is 0. The summed E-state index contributed by atoms with van der Waals surface area (Å²) in [6.45, 7) is 6.95. The topological polar surface area (TPSA) is 95.6 Å². The number of rotatable bonds is 7. The third kappa shape index (κ3) is 5.44. The van der Waals surface area contributed by atoms with Crippen molar-refractivity contribution in [3.63, 3.8) is 0 Å². The van der Waals surface area contributed by atoms with Crippen LogP contribution in [-0.4, -0.2) is 44.3 Å². The molecule has 1 aliphatic rings. The van der Waals surface area contributed by atoms with E-state index in [1.165, 1.54) is 0 Å². The normalized spacial score (nSPS) is 14.7. The van der Waals surface area contributed by atoms with Gasteiger partial charge in [0.05, 0.1) is 4.90 Å². The summed E-state index contributed by atoms with van der Waals surface area (Å²) in [7, 11) is -3.81. The van der Waals surface area contributed by atoms with Gasteiger partial charge >= 0.3 is 0 Å². The number of nitrogens with zero attached hydrogens (tertiary/aromatic N) is 1. The third-order valence-electron chi connectivity index (χ3n) is 6.90. The zero-order valence-electron chi connectivity index (χ0n) is 21.0. The Kier molecular flexibility index (Phi) is 7.76. The summed E-state index contributed by atoms with van der Waals surface area (Å²) in [6.07, 6.45) is 2.49.